The molecule has 6 heavy (non-hydrogen) atoms. The van der Waals surface area contributed by atoms with Crippen molar-refractivity contribution in [1.29, 1.82) is 0 Å². The van der Waals surface area contributed by atoms with E-state index >= 15 is 0 Å². The van der Waals surface area contributed by atoms with Crippen LogP contribution in [0.25, 0.3) is 0 Å². The Kier molecular flexibility index (Phi) is 4.08. The summed E-state index contributed by atoms with van der Waals surface area (Å²) >= 11 is 0. The van der Waals surface area contributed by atoms with E-state index in [0.29, 0.717) is 0 Å². The van der Waals surface area contributed by atoms with Crippen molar-refractivity contribution in [2.45, 2.75) is 0 Å². The molecular weight excluding hydrogens is 160 g/mol. The van der Waals surface area contributed by atoms with Gasteiger partial charge in [0, 0.05) is 11.8 Å². The molecule has 0 spiro atoms. The Balaban J connectivity index is -0.0000000800. The summed E-state index contributed by atoms with van der Waals surface area (Å²) in [4.78, 5) is 0. The first-order valence-electron chi connectivity index (χ1n) is 0.667. The molecule has 0 unspecified atom stereocenters. The molecule has 0 aliphatic rings. The number of hydrogen-bond donors (Lipinski definition) is 0. The standard InChI is InChI=1S/Cu.H2O4S.H/c;1-5(2,3)4;/h;(H2,1,2,3,4);/q+2;;/p-2. The Morgan fingerprint density at radius 1 is 1.33 bits per heavy atom. The van der Waals surface area contributed by atoms with Crippen LogP contribution in [0.15, 0.2) is 0 Å². The first kappa shape index (κ1) is 9.63. The van der Waals surface area contributed by atoms with E-state index in [0.717, 1.165) is 0 Å². The minimum atomic E-state index is -5.17. The van der Waals surface area contributed by atoms with Crippen molar-refractivity contribution >= 4 is 10.4 Å². The van der Waals surface area contributed by atoms with E-state index in [1.54, 1.807) is 0 Å². The normalized spacial score (nSPS) is 9.67. The summed E-state index contributed by atoms with van der Waals surface area (Å²) in [5.41, 5.74) is 0. The molecule has 0 aliphatic heterocycles. The maximum atomic E-state index is 8.52. The quantitative estimate of drug-likeness (QED) is 0.253. The van der Waals surface area contributed by atoms with Crippen LogP contribution in [-0.4, -0.2) is 17.5 Å². The van der Waals surface area contributed by atoms with Crippen molar-refractivity contribution in [3.8, 4) is 0 Å². The van der Waals surface area contributed by atoms with Crippen LogP contribution in [-0.2, 0) is 27.5 Å². The monoisotopic (exact) mass is 160 g/mol. The summed E-state index contributed by atoms with van der Waals surface area (Å²) in [6, 6.07) is 0. The molecule has 0 fully saturated rings. The third kappa shape index (κ3) is 332. The summed E-state index contributed by atoms with van der Waals surface area (Å²) < 4.78 is 34.1. The fraction of sp³-hybridized carbons (Fsp3) is 0. The van der Waals surface area contributed by atoms with Gasteiger partial charge >= 0.3 is 17.1 Å². The molecule has 0 amide bonds. The van der Waals surface area contributed by atoms with Crippen LogP contribution in [0, 0.1) is 0 Å². The number of hydrogen-bond acceptors (Lipinski definition) is 4. The summed E-state index contributed by atoms with van der Waals surface area (Å²) in [6.07, 6.45) is 0. The van der Waals surface area contributed by atoms with Crippen molar-refractivity contribution in [3.05, 3.63) is 0 Å². The molecular formula is HCuO4S. The molecule has 0 rings (SSSR count). The summed E-state index contributed by atoms with van der Waals surface area (Å²) in [6.45, 7) is 0. The zero-order valence-electron chi connectivity index (χ0n) is 3.34. The van der Waals surface area contributed by atoms with Crippen molar-refractivity contribution in [1.82, 2.24) is 0 Å². The smallest absolute Gasteiger partial charge is 0.759 e. The minimum absolute atomic E-state index is 0. The maximum Gasteiger partial charge on any atom is 2.00 e. The van der Waals surface area contributed by atoms with Gasteiger partial charge in [0.2, 0.25) is 0 Å². The van der Waals surface area contributed by atoms with E-state index in [2.05, 4.69) is 0 Å². The Morgan fingerprint density at radius 3 is 1.33 bits per heavy atom. The number of rotatable bonds is 0. The zero-order valence-corrected chi connectivity index (χ0v) is 4.10. The minimum Gasteiger partial charge on any atom is -0.759 e. The topological polar surface area (TPSA) is 80.3 Å². The van der Waals surface area contributed by atoms with Crippen LogP contribution in [0.3, 0.4) is 0 Å². The van der Waals surface area contributed by atoms with Gasteiger partial charge in [0.15, 0.2) is 0 Å². The van der Waals surface area contributed by atoms with Crippen molar-refractivity contribution < 1.29 is 36.0 Å². The van der Waals surface area contributed by atoms with Crippen LogP contribution in [0.5, 0.6) is 0 Å². The second-order valence-electron chi connectivity index (χ2n) is 0.408. The predicted octanol–water partition coefficient (Wildman–Crippen LogP) is -1.23. The first-order valence-corrected chi connectivity index (χ1v) is 2.00. The molecule has 4 nitrogen and oxygen atoms in total. The molecule has 0 aromatic heterocycles. The molecule has 0 saturated heterocycles. The van der Waals surface area contributed by atoms with E-state index in [1.807, 2.05) is 0 Å². The molecule has 0 heterocycles. The third-order valence-electron chi connectivity index (χ3n) is 0. The molecule has 0 aliphatic carbocycles. The van der Waals surface area contributed by atoms with E-state index < -0.39 is 10.4 Å². The molecule has 2 radical (unpaired) electrons. The van der Waals surface area contributed by atoms with Gasteiger partial charge in [-0.15, -0.1) is 0 Å². The SMILES string of the molecule is O=S(=O)([O-])[O-].[Cu+2].[H]. The molecule has 0 atom stereocenters. The Bertz CT molecular complexity index is 94.9. The fourth-order valence-electron chi connectivity index (χ4n) is 0. The van der Waals surface area contributed by atoms with Crippen molar-refractivity contribution in [2.24, 2.45) is 0 Å². The summed E-state index contributed by atoms with van der Waals surface area (Å²) in [5, 5.41) is 0. The Morgan fingerprint density at radius 2 is 1.33 bits per heavy atom. The van der Waals surface area contributed by atoms with Crippen molar-refractivity contribution in [2.75, 3.05) is 0 Å². The largest absolute Gasteiger partial charge is 2.00 e. The van der Waals surface area contributed by atoms with E-state index in [9.17, 15) is 0 Å². The van der Waals surface area contributed by atoms with E-state index in [1.165, 1.54) is 0 Å². The Labute approximate surface area is 47.1 Å². The molecule has 42 valence electrons. The maximum absolute atomic E-state index is 8.52. The van der Waals surface area contributed by atoms with Gasteiger partial charge in [0.1, 0.15) is 0 Å². The van der Waals surface area contributed by atoms with Crippen molar-refractivity contribution in [3.63, 3.8) is 0 Å². The van der Waals surface area contributed by atoms with E-state index in [4.69, 9.17) is 17.5 Å². The van der Waals surface area contributed by atoms with Crippen LogP contribution < -0.4 is 0 Å². The first-order chi connectivity index (χ1) is 2.00. The molecule has 0 aromatic rings. The van der Waals surface area contributed by atoms with Gasteiger partial charge in [0.05, 0.1) is 0 Å². The summed E-state index contributed by atoms with van der Waals surface area (Å²) in [7, 11) is -5.17. The van der Waals surface area contributed by atoms with Gasteiger partial charge in [-0.1, -0.05) is 0 Å². The molecule has 0 aromatic carbocycles. The van der Waals surface area contributed by atoms with Crippen LogP contribution >= 0.6 is 0 Å². The predicted molar refractivity (Wildman–Crippen MR) is 11.6 cm³/mol. The van der Waals surface area contributed by atoms with Gasteiger partial charge in [-0.25, -0.2) is 0 Å². The van der Waals surface area contributed by atoms with Gasteiger partial charge in [-0.3, -0.25) is 8.42 Å². The van der Waals surface area contributed by atoms with Gasteiger partial charge in [-0.05, 0) is 0 Å². The third-order valence-corrected chi connectivity index (χ3v) is 0. The average molecular weight is 161 g/mol. The second-order valence-corrected chi connectivity index (χ2v) is 1.22. The van der Waals surface area contributed by atoms with Gasteiger partial charge < -0.3 is 9.11 Å². The van der Waals surface area contributed by atoms with E-state index in [-0.39, 0.29) is 18.5 Å². The molecule has 0 saturated carbocycles. The fourth-order valence-corrected chi connectivity index (χ4v) is 0. The van der Waals surface area contributed by atoms with Gasteiger partial charge in [0.25, 0.3) is 0 Å². The molecule has 0 N–H and O–H groups in total. The Hall–Kier alpha value is 0.389. The molecule has 6 heteroatoms. The van der Waals surface area contributed by atoms with Gasteiger partial charge in [-0.2, -0.15) is 0 Å². The second kappa shape index (κ2) is 2.54. The average Bonchev–Trinajstić information content (AvgIpc) is 0.722. The zero-order chi connectivity index (χ0) is 4.50. The van der Waals surface area contributed by atoms with Crippen LogP contribution in [0.1, 0.15) is 1.43 Å². The van der Waals surface area contributed by atoms with Crippen LogP contribution in [0.4, 0.5) is 0 Å². The molecule has 0 bridgehead atoms. The summed E-state index contributed by atoms with van der Waals surface area (Å²) in [5.74, 6) is 0. The van der Waals surface area contributed by atoms with Crippen LogP contribution in [0.2, 0.25) is 0 Å².